The van der Waals surface area contributed by atoms with Gasteiger partial charge in [0.15, 0.2) is 5.82 Å². The van der Waals surface area contributed by atoms with Crippen LogP contribution in [0.25, 0.3) is 0 Å². The molecule has 3 aliphatic rings. The molecule has 124 valence electrons. The first kappa shape index (κ1) is 15.2. The molecule has 24 heavy (non-hydrogen) atoms. The molecule has 1 amide bonds. The molecule has 0 spiro atoms. The van der Waals surface area contributed by atoms with Gasteiger partial charge < -0.3 is 10.0 Å². The Hall–Kier alpha value is -2.35. The van der Waals surface area contributed by atoms with E-state index in [1.807, 2.05) is 4.90 Å². The van der Waals surface area contributed by atoms with E-state index < -0.39 is 5.97 Å². The largest absolute Gasteiger partial charge is 0.477 e. The summed E-state index contributed by atoms with van der Waals surface area (Å²) in [4.78, 5) is 35.9. The SMILES string of the molecule is O=C(O)C1=C(C=C2CCN(c3cnccn3)C2=O)CSC2CCN12. The van der Waals surface area contributed by atoms with Crippen LogP contribution in [0.3, 0.4) is 0 Å². The molecular weight excluding hydrogens is 328 g/mol. The summed E-state index contributed by atoms with van der Waals surface area (Å²) in [6.07, 6.45) is 8.04. The number of carbonyl (C=O) groups excluding carboxylic acids is 1. The van der Waals surface area contributed by atoms with E-state index in [4.69, 9.17) is 0 Å². The van der Waals surface area contributed by atoms with Crippen LogP contribution in [0.4, 0.5) is 5.82 Å². The highest BCUT2D eigenvalue weighted by Gasteiger charge is 2.38. The number of carbonyl (C=O) groups is 2. The standard InChI is InChI=1S/C16H16N4O3S/c21-15-10(1-5-19(15)12-8-17-3-4-18-12)7-11-9-24-13-2-6-20(13)14(11)16(22)23/h3-4,7-8,13H,1-2,5-6,9H2,(H,22,23). The summed E-state index contributed by atoms with van der Waals surface area (Å²) < 4.78 is 0. The van der Waals surface area contributed by atoms with Crippen molar-refractivity contribution >= 4 is 29.5 Å². The fourth-order valence-electron chi connectivity index (χ4n) is 3.21. The Morgan fingerprint density at radius 3 is 2.92 bits per heavy atom. The number of fused-ring (bicyclic) bond motifs is 1. The third kappa shape index (κ3) is 2.47. The molecule has 0 bridgehead atoms. The number of amides is 1. The Labute approximate surface area is 143 Å². The number of carboxylic acids is 1. The van der Waals surface area contributed by atoms with Crippen LogP contribution in [0.5, 0.6) is 0 Å². The molecule has 0 saturated carbocycles. The number of hydrogen-bond acceptors (Lipinski definition) is 6. The summed E-state index contributed by atoms with van der Waals surface area (Å²) in [5.41, 5.74) is 1.71. The fourth-order valence-corrected chi connectivity index (χ4v) is 4.46. The van der Waals surface area contributed by atoms with Crippen molar-refractivity contribution in [2.24, 2.45) is 0 Å². The number of allylic oxidation sites excluding steroid dienone is 1. The summed E-state index contributed by atoms with van der Waals surface area (Å²) >= 11 is 1.74. The van der Waals surface area contributed by atoms with Gasteiger partial charge in [0.1, 0.15) is 5.70 Å². The van der Waals surface area contributed by atoms with Gasteiger partial charge in [0, 0.05) is 36.8 Å². The van der Waals surface area contributed by atoms with E-state index in [0.29, 0.717) is 35.8 Å². The van der Waals surface area contributed by atoms with Crippen LogP contribution < -0.4 is 4.90 Å². The first-order valence-electron chi connectivity index (χ1n) is 7.78. The molecule has 1 aromatic heterocycles. The Morgan fingerprint density at radius 2 is 2.25 bits per heavy atom. The Balaban J connectivity index is 1.63. The highest BCUT2D eigenvalue weighted by molar-refractivity contribution is 8.00. The fraction of sp³-hybridized carbons (Fsp3) is 0.375. The molecule has 4 heterocycles. The molecule has 8 heteroatoms. The highest BCUT2D eigenvalue weighted by Crippen LogP contribution is 2.40. The molecule has 0 aliphatic carbocycles. The zero-order valence-corrected chi connectivity index (χ0v) is 13.7. The van der Waals surface area contributed by atoms with Crippen LogP contribution in [0.15, 0.2) is 41.5 Å². The van der Waals surface area contributed by atoms with Crippen molar-refractivity contribution in [2.75, 3.05) is 23.7 Å². The van der Waals surface area contributed by atoms with E-state index in [1.165, 1.54) is 0 Å². The molecule has 0 radical (unpaired) electrons. The highest BCUT2D eigenvalue weighted by atomic mass is 32.2. The number of thioether (sulfide) groups is 1. The van der Waals surface area contributed by atoms with Gasteiger partial charge in [0.25, 0.3) is 5.91 Å². The second-order valence-corrected chi connectivity index (χ2v) is 7.03. The molecular formula is C16H16N4O3S. The summed E-state index contributed by atoms with van der Waals surface area (Å²) in [5, 5.41) is 9.82. The van der Waals surface area contributed by atoms with Crippen LogP contribution >= 0.6 is 11.8 Å². The molecule has 2 fully saturated rings. The van der Waals surface area contributed by atoms with Crippen molar-refractivity contribution in [2.45, 2.75) is 18.2 Å². The quantitative estimate of drug-likeness (QED) is 0.826. The summed E-state index contributed by atoms with van der Waals surface area (Å²) in [6, 6.07) is 0. The molecule has 1 atom stereocenters. The minimum absolute atomic E-state index is 0.122. The van der Waals surface area contributed by atoms with E-state index in [0.717, 1.165) is 18.5 Å². The zero-order valence-electron chi connectivity index (χ0n) is 12.9. The predicted octanol–water partition coefficient (Wildman–Crippen LogP) is 1.26. The minimum Gasteiger partial charge on any atom is -0.477 e. The summed E-state index contributed by atoms with van der Waals surface area (Å²) in [7, 11) is 0. The number of aliphatic carboxylic acids is 1. The van der Waals surface area contributed by atoms with Crippen LogP contribution in [-0.2, 0) is 9.59 Å². The van der Waals surface area contributed by atoms with E-state index in [9.17, 15) is 14.7 Å². The molecule has 0 aromatic carbocycles. The van der Waals surface area contributed by atoms with Gasteiger partial charge in [0.05, 0.1) is 11.6 Å². The molecule has 4 rings (SSSR count). The number of nitrogens with zero attached hydrogens (tertiary/aromatic N) is 4. The minimum atomic E-state index is -0.914. The second-order valence-electron chi connectivity index (χ2n) is 5.87. The smallest absolute Gasteiger partial charge is 0.352 e. The number of carboxylic acid groups (broad SMARTS) is 1. The van der Waals surface area contributed by atoms with E-state index in [-0.39, 0.29) is 11.3 Å². The first-order chi connectivity index (χ1) is 11.6. The molecule has 3 aliphatic heterocycles. The Morgan fingerprint density at radius 1 is 1.38 bits per heavy atom. The summed E-state index contributed by atoms with van der Waals surface area (Å²) in [5.74, 6) is 0.121. The predicted molar refractivity (Wildman–Crippen MR) is 89.3 cm³/mol. The van der Waals surface area contributed by atoms with Gasteiger partial charge in [-0.15, -0.1) is 11.8 Å². The number of aromatic nitrogens is 2. The number of rotatable bonds is 3. The van der Waals surface area contributed by atoms with E-state index >= 15 is 0 Å². The number of hydrogen-bond donors (Lipinski definition) is 1. The average molecular weight is 344 g/mol. The van der Waals surface area contributed by atoms with Gasteiger partial charge in [-0.3, -0.25) is 14.7 Å². The van der Waals surface area contributed by atoms with Gasteiger partial charge in [-0.1, -0.05) is 0 Å². The maximum atomic E-state index is 12.6. The maximum absolute atomic E-state index is 12.6. The Kier molecular flexibility index (Phi) is 3.76. The monoisotopic (exact) mass is 344 g/mol. The lowest BCUT2D eigenvalue weighted by molar-refractivity contribution is -0.135. The lowest BCUT2D eigenvalue weighted by atomic mass is 10.1. The molecule has 1 N–H and O–H groups in total. The van der Waals surface area contributed by atoms with Crippen molar-refractivity contribution in [3.05, 3.63) is 41.5 Å². The van der Waals surface area contributed by atoms with Crippen molar-refractivity contribution in [3.8, 4) is 0 Å². The van der Waals surface area contributed by atoms with Crippen molar-refractivity contribution < 1.29 is 14.7 Å². The van der Waals surface area contributed by atoms with Crippen LogP contribution in [-0.4, -0.2) is 56.1 Å². The molecule has 1 aromatic rings. The Bertz CT molecular complexity index is 762. The molecule has 2 saturated heterocycles. The van der Waals surface area contributed by atoms with Gasteiger partial charge in [0.2, 0.25) is 0 Å². The molecule has 1 unspecified atom stereocenters. The van der Waals surface area contributed by atoms with Gasteiger partial charge >= 0.3 is 5.97 Å². The van der Waals surface area contributed by atoms with Crippen LogP contribution in [0, 0.1) is 0 Å². The van der Waals surface area contributed by atoms with Crippen LogP contribution in [0.1, 0.15) is 12.8 Å². The van der Waals surface area contributed by atoms with Gasteiger partial charge in [-0.05, 0) is 24.5 Å². The lowest BCUT2D eigenvalue weighted by Crippen LogP contribution is -2.49. The van der Waals surface area contributed by atoms with Crippen LogP contribution in [0.2, 0.25) is 0 Å². The zero-order chi connectivity index (χ0) is 16.7. The maximum Gasteiger partial charge on any atom is 0.352 e. The third-order valence-corrected chi connectivity index (χ3v) is 5.84. The second kappa shape index (κ2) is 5.94. The van der Waals surface area contributed by atoms with Crippen molar-refractivity contribution in [1.82, 2.24) is 14.9 Å². The van der Waals surface area contributed by atoms with Gasteiger partial charge in [-0.2, -0.15) is 0 Å². The summed E-state index contributed by atoms with van der Waals surface area (Å²) in [6.45, 7) is 1.31. The number of anilines is 1. The topological polar surface area (TPSA) is 86.6 Å². The average Bonchev–Trinajstić information content (AvgIpc) is 2.91. The lowest BCUT2D eigenvalue weighted by Gasteiger charge is -2.46. The van der Waals surface area contributed by atoms with Crippen molar-refractivity contribution in [1.29, 1.82) is 0 Å². The molecule has 7 nitrogen and oxygen atoms in total. The van der Waals surface area contributed by atoms with E-state index in [2.05, 4.69) is 9.97 Å². The van der Waals surface area contributed by atoms with Gasteiger partial charge in [-0.25, -0.2) is 9.78 Å². The normalized spacial score (nSPS) is 25.1. The van der Waals surface area contributed by atoms with Crippen molar-refractivity contribution in [3.63, 3.8) is 0 Å². The van der Waals surface area contributed by atoms with E-state index in [1.54, 1.807) is 41.3 Å². The first-order valence-corrected chi connectivity index (χ1v) is 8.83. The third-order valence-electron chi connectivity index (χ3n) is 4.49.